The van der Waals surface area contributed by atoms with Gasteiger partial charge in [-0.25, -0.2) is 18.2 Å². The summed E-state index contributed by atoms with van der Waals surface area (Å²) in [5, 5.41) is 5.66. The number of ether oxygens (including phenoxy) is 1. The Labute approximate surface area is 374 Å². The molecule has 1 aromatic rings. The molecule has 5 rings (SSSR count). The molecule has 4 fully saturated rings. The Morgan fingerprint density at radius 2 is 1.67 bits per heavy atom. The maximum Gasteiger partial charge on any atom is 0.403 e. The van der Waals surface area contributed by atoms with Gasteiger partial charge in [-0.1, -0.05) is 51.1 Å². The first kappa shape index (κ1) is 50.6. The lowest BCUT2D eigenvalue weighted by Gasteiger charge is -2.48. The summed E-state index contributed by atoms with van der Waals surface area (Å²) in [6.07, 6.45) is -5.87. The van der Waals surface area contributed by atoms with Crippen LogP contribution >= 0.6 is 11.6 Å². The maximum atomic E-state index is 14.8. The number of nitrogens with zero attached hydrogens (tertiary/aromatic N) is 5. The van der Waals surface area contributed by atoms with Crippen molar-refractivity contribution in [2.45, 2.75) is 146 Å². The normalized spacial score (nSPS) is 26.6. The topological polar surface area (TPSA) is 162 Å². The predicted molar refractivity (Wildman–Crippen MR) is 222 cm³/mol. The van der Waals surface area contributed by atoms with E-state index in [1.807, 2.05) is 13.8 Å². The second-order valence-corrected chi connectivity index (χ2v) is 18.8. The number of alkyl halides is 6. The highest BCUT2D eigenvalue weighted by atomic mass is 35.5. The summed E-state index contributed by atoms with van der Waals surface area (Å²) in [5.41, 5.74) is -3.01. The van der Waals surface area contributed by atoms with Crippen LogP contribution in [0.15, 0.2) is 12.3 Å². The number of carbonyl (C=O) groups excluding carboxylic acids is 6. The molecule has 0 unspecified atom stereocenters. The molecule has 2 aliphatic carbocycles. The quantitative estimate of drug-likeness (QED) is 0.290. The molecule has 0 spiro atoms. The van der Waals surface area contributed by atoms with E-state index < -0.39 is 115 Å². The Hall–Kier alpha value is -4.36. The summed E-state index contributed by atoms with van der Waals surface area (Å²) in [7, 11) is 5.91. The van der Waals surface area contributed by atoms with Gasteiger partial charge in [-0.3, -0.25) is 28.8 Å². The Balaban J connectivity index is 1.39. The molecule has 2 N–H and O–H groups in total. The van der Waals surface area contributed by atoms with Crippen molar-refractivity contribution >= 4 is 47.0 Å². The predicted octanol–water partition coefficient (Wildman–Crippen LogP) is 5.10. The molecule has 2 saturated heterocycles. The van der Waals surface area contributed by atoms with Gasteiger partial charge in [-0.05, 0) is 50.0 Å². The fourth-order valence-electron chi connectivity index (χ4n) is 9.11. The molecular weight excluding hydrogens is 876 g/mol. The molecule has 2 aliphatic heterocycles. The number of hydrogen-bond acceptors (Lipinski definition) is 8. The number of methoxy groups -OCH3 is 1. The first-order valence-electron chi connectivity index (χ1n) is 21.9. The molecule has 6 atom stereocenters. The Morgan fingerprint density at radius 3 is 2.27 bits per heavy atom. The second kappa shape index (κ2) is 20.4. The van der Waals surface area contributed by atoms with Crippen molar-refractivity contribution in [2.24, 2.45) is 17.3 Å². The summed E-state index contributed by atoms with van der Waals surface area (Å²) in [4.78, 5) is 93.2. The van der Waals surface area contributed by atoms with Crippen molar-refractivity contribution in [2.75, 3.05) is 41.3 Å². The average molecular weight is 936 g/mol. The van der Waals surface area contributed by atoms with Gasteiger partial charge >= 0.3 is 6.18 Å². The molecule has 358 valence electrons. The van der Waals surface area contributed by atoms with Crippen LogP contribution in [0.3, 0.4) is 0 Å². The van der Waals surface area contributed by atoms with Crippen molar-refractivity contribution in [3.8, 4) is 5.88 Å². The van der Waals surface area contributed by atoms with Crippen LogP contribution in [0, 0.1) is 17.3 Å². The van der Waals surface area contributed by atoms with E-state index in [0.29, 0.717) is 54.1 Å². The summed E-state index contributed by atoms with van der Waals surface area (Å²) in [6, 6.07) is -4.95. The lowest BCUT2D eigenvalue weighted by atomic mass is 9.64. The fourth-order valence-corrected chi connectivity index (χ4v) is 9.29. The van der Waals surface area contributed by atoms with Gasteiger partial charge in [0, 0.05) is 65.1 Å². The van der Waals surface area contributed by atoms with Crippen LogP contribution in [-0.2, 0) is 35.2 Å². The number of pyridine rings is 1. The van der Waals surface area contributed by atoms with E-state index in [9.17, 15) is 55.1 Å². The lowest BCUT2D eigenvalue weighted by Crippen LogP contribution is -2.65. The lowest BCUT2D eigenvalue weighted by molar-refractivity contribution is -0.299. The van der Waals surface area contributed by atoms with Crippen LogP contribution in [0.4, 0.5) is 26.3 Å². The highest BCUT2D eigenvalue weighted by molar-refractivity contribution is 6.30. The highest BCUT2D eigenvalue weighted by Crippen LogP contribution is 2.61. The number of amides is 6. The summed E-state index contributed by atoms with van der Waals surface area (Å²) < 4.78 is 90.5. The number of carbonyl (C=O) groups is 6. The minimum atomic E-state index is -5.39. The van der Waals surface area contributed by atoms with E-state index in [0.717, 1.165) is 17.7 Å². The molecule has 1 aromatic heterocycles. The largest absolute Gasteiger partial charge is 0.481 e. The van der Waals surface area contributed by atoms with Crippen molar-refractivity contribution in [3.63, 3.8) is 0 Å². The van der Waals surface area contributed by atoms with E-state index in [1.165, 1.54) is 32.3 Å². The van der Waals surface area contributed by atoms with Gasteiger partial charge in [0.25, 0.3) is 5.92 Å². The van der Waals surface area contributed by atoms with Crippen LogP contribution in [-0.4, -0.2) is 150 Å². The van der Waals surface area contributed by atoms with Crippen LogP contribution in [0.1, 0.15) is 96.5 Å². The monoisotopic (exact) mass is 935 g/mol. The molecule has 3 heterocycles. The number of rotatable bonds is 11. The molecule has 6 amide bonds. The van der Waals surface area contributed by atoms with Gasteiger partial charge < -0.3 is 35.0 Å². The molecule has 21 heteroatoms. The zero-order valence-electron chi connectivity index (χ0n) is 37.1. The zero-order chi connectivity index (χ0) is 47.5. The van der Waals surface area contributed by atoms with E-state index >= 15 is 0 Å². The number of likely N-dealkylation sites (tertiary alicyclic amines) is 1. The highest BCUT2D eigenvalue weighted by Gasteiger charge is 2.75. The van der Waals surface area contributed by atoms with Gasteiger partial charge in [-0.2, -0.15) is 13.2 Å². The summed E-state index contributed by atoms with van der Waals surface area (Å²) >= 11 is 6.27. The fraction of sp³-hybridized carbons (Fsp3) is 0.744. The van der Waals surface area contributed by atoms with Crippen molar-refractivity contribution in [1.82, 2.24) is 35.2 Å². The van der Waals surface area contributed by atoms with Crippen molar-refractivity contribution in [1.29, 1.82) is 0 Å². The SMILES string of the molecule is COc1ncc(Cl)cc1C[C@H]1C(=O)N(C)CCCCCCC[C@H](N(C)C(=O)[C@@H](NC(=O)[C@@H]2C[C@@H](F)CN2C(=O)C2(C(F)(F)F)CC(F)(F)C2)C2CC2)C(=O)N[C@@H](CC(C)C)C(=O)N1C. The van der Waals surface area contributed by atoms with E-state index in [1.54, 1.807) is 18.0 Å². The van der Waals surface area contributed by atoms with E-state index in [-0.39, 0.29) is 37.0 Å². The van der Waals surface area contributed by atoms with Gasteiger partial charge in [0.2, 0.25) is 41.3 Å². The first-order valence-corrected chi connectivity index (χ1v) is 22.3. The molecular formula is C43H60ClF6N7O7. The smallest absolute Gasteiger partial charge is 0.403 e. The van der Waals surface area contributed by atoms with Crippen molar-refractivity contribution in [3.05, 3.63) is 22.8 Å². The average Bonchev–Trinajstić information content (AvgIpc) is 3.98. The minimum Gasteiger partial charge on any atom is -0.481 e. The van der Waals surface area contributed by atoms with Crippen molar-refractivity contribution < 1.29 is 59.8 Å². The molecule has 64 heavy (non-hydrogen) atoms. The summed E-state index contributed by atoms with van der Waals surface area (Å²) in [6.45, 7) is 3.18. The van der Waals surface area contributed by atoms with Crippen LogP contribution in [0.2, 0.25) is 5.02 Å². The Kier molecular flexibility index (Phi) is 16.2. The first-order chi connectivity index (χ1) is 29.9. The number of halogens is 7. The third-order valence-electron chi connectivity index (χ3n) is 12.9. The van der Waals surface area contributed by atoms with Gasteiger partial charge in [0.15, 0.2) is 5.41 Å². The minimum absolute atomic E-state index is 0.0173. The molecule has 0 bridgehead atoms. The third kappa shape index (κ3) is 11.5. The number of likely N-dealkylation sites (N-methyl/N-ethyl adjacent to an activating group) is 3. The maximum absolute atomic E-state index is 14.8. The third-order valence-corrected chi connectivity index (χ3v) is 13.1. The van der Waals surface area contributed by atoms with Crippen LogP contribution in [0.5, 0.6) is 5.88 Å². The molecule has 0 aromatic carbocycles. The van der Waals surface area contributed by atoms with E-state index in [4.69, 9.17) is 16.3 Å². The number of hydrogen-bond donors (Lipinski definition) is 2. The zero-order valence-corrected chi connectivity index (χ0v) is 37.9. The molecule has 2 saturated carbocycles. The van der Waals surface area contributed by atoms with Gasteiger partial charge in [0.05, 0.1) is 18.7 Å². The Morgan fingerprint density at radius 1 is 1.03 bits per heavy atom. The standard InChI is InChI=1S/C43H60ClF6N7O7/c1-24(2)16-29-37(60)56(5)32(18-26-17-27(44)20-51-36(26)64-6)38(61)54(3)15-11-9-7-8-10-12-30(34(58)52-29)55(4)39(62)33(25-13-14-25)53-35(59)31-19-28(45)21-57(31)40(63)41(43(48,49)50)22-42(46,47)23-41/h17,20,24-25,28-33H,7-16,18-19,21-23H2,1-6H3,(H,52,58)(H,53,59)/t28-,29+,30+,31+,32+,33+/m1/s1. The summed E-state index contributed by atoms with van der Waals surface area (Å²) in [5.74, 6) is -9.44. The molecule has 4 aliphatic rings. The number of nitrogens with one attached hydrogen (secondary N) is 2. The van der Waals surface area contributed by atoms with Gasteiger partial charge in [0.1, 0.15) is 36.4 Å². The molecule has 14 nitrogen and oxygen atoms in total. The second-order valence-electron chi connectivity index (χ2n) is 18.4. The van der Waals surface area contributed by atoms with Crippen LogP contribution < -0.4 is 15.4 Å². The van der Waals surface area contributed by atoms with Crippen LogP contribution in [0.25, 0.3) is 0 Å². The number of aromatic nitrogens is 1. The molecule has 0 radical (unpaired) electrons. The van der Waals surface area contributed by atoms with Gasteiger partial charge in [-0.15, -0.1) is 0 Å². The van der Waals surface area contributed by atoms with E-state index in [2.05, 4.69) is 15.6 Å². The Bertz CT molecular complexity index is 1900.